The van der Waals surface area contributed by atoms with E-state index in [9.17, 15) is 9.59 Å². The molecule has 0 radical (unpaired) electrons. The van der Waals surface area contributed by atoms with E-state index in [2.05, 4.69) is 43.0 Å². The molecule has 160 valence electrons. The third-order valence-corrected chi connectivity index (χ3v) is 6.94. The monoisotopic (exact) mass is 425 g/mol. The van der Waals surface area contributed by atoms with Gasteiger partial charge in [-0.3, -0.25) is 14.5 Å². The van der Waals surface area contributed by atoms with Crippen molar-refractivity contribution < 1.29 is 9.59 Å². The fraction of sp³-hybridized carbons (Fsp3) is 0.500. The minimum atomic E-state index is 0.0848. The molecule has 1 aliphatic carbocycles. The fourth-order valence-corrected chi connectivity index (χ4v) is 4.68. The Morgan fingerprint density at radius 3 is 2.27 bits per heavy atom. The van der Waals surface area contributed by atoms with Crippen molar-refractivity contribution in [2.24, 2.45) is 0 Å². The zero-order chi connectivity index (χ0) is 21.1. The molecule has 1 aliphatic heterocycles. The molecule has 1 saturated carbocycles. The van der Waals surface area contributed by atoms with Gasteiger partial charge in [0.15, 0.2) is 0 Å². The van der Waals surface area contributed by atoms with Gasteiger partial charge in [-0.1, -0.05) is 44.2 Å². The SMILES string of the molecule is CC(C)c1ccc(CN(CC(=O)N2CCN(C(=O)c3cccs3)CC2)C2CC2)cc1. The first kappa shape index (κ1) is 21.1. The Kier molecular flexibility index (Phi) is 6.54. The third-order valence-electron chi connectivity index (χ3n) is 6.09. The van der Waals surface area contributed by atoms with Crippen LogP contribution in [0.25, 0.3) is 0 Å². The van der Waals surface area contributed by atoms with Crippen LogP contribution < -0.4 is 0 Å². The first-order chi connectivity index (χ1) is 14.5. The van der Waals surface area contributed by atoms with Gasteiger partial charge in [-0.15, -0.1) is 11.3 Å². The third kappa shape index (κ3) is 5.10. The number of hydrogen-bond acceptors (Lipinski definition) is 4. The summed E-state index contributed by atoms with van der Waals surface area (Å²) >= 11 is 1.48. The summed E-state index contributed by atoms with van der Waals surface area (Å²) in [5, 5.41) is 1.93. The van der Waals surface area contributed by atoms with Gasteiger partial charge in [0.2, 0.25) is 5.91 Å². The molecule has 2 heterocycles. The number of rotatable bonds is 7. The average Bonchev–Trinajstić information content (AvgIpc) is 3.47. The van der Waals surface area contributed by atoms with Crippen molar-refractivity contribution in [3.05, 3.63) is 57.8 Å². The second-order valence-electron chi connectivity index (χ2n) is 8.68. The lowest BCUT2D eigenvalue weighted by Crippen LogP contribution is -2.52. The molecular weight excluding hydrogens is 394 g/mol. The molecule has 5 nitrogen and oxygen atoms in total. The molecule has 0 N–H and O–H groups in total. The van der Waals surface area contributed by atoms with Crippen LogP contribution in [0.3, 0.4) is 0 Å². The Morgan fingerprint density at radius 2 is 1.70 bits per heavy atom. The van der Waals surface area contributed by atoms with Crippen molar-refractivity contribution >= 4 is 23.2 Å². The molecule has 0 bridgehead atoms. The number of carbonyl (C=O) groups is 2. The van der Waals surface area contributed by atoms with Gasteiger partial charge >= 0.3 is 0 Å². The second-order valence-corrected chi connectivity index (χ2v) is 9.63. The average molecular weight is 426 g/mol. The number of piperazine rings is 1. The zero-order valence-corrected chi connectivity index (χ0v) is 18.7. The number of nitrogens with zero attached hydrogens (tertiary/aromatic N) is 3. The van der Waals surface area contributed by atoms with E-state index >= 15 is 0 Å². The first-order valence-corrected chi connectivity index (χ1v) is 11.8. The predicted octanol–water partition coefficient (Wildman–Crippen LogP) is 3.82. The molecule has 2 aliphatic rings. The van der Waals surface area contributed by atoms with Crippen LogP contribution >= 0.6 is 11.3 Å². The van der Waals surface area contributed by atoms with E-state index < -0.39 is 0 Å². The maximum atomic E-state index is 13.0. The lowest BCUT2D eigenvalue weighted by molar-refractivity contribution is -0.134. The van der Waals surface area contributed by atoms with Crippen LogP contribution in [0.5, 0.6) is 0 Å². The summed E-state index contributed by atoms with van der Waals surface area (Å²) < 4.78 is 0. The molecule has 6 heteroatoms. The number of thiophene rings is 1. The van der Waals surface area contributed by atoms with E-state index in [4.69, 9.17) is 0 Å². The molecule has 1 aromatic carbocycles. The molecule has 0 spiro atoms. The summed E-state index contributed by atoms with van der Waals surface area (Å²) in [5.74, 6) is 0.802. The number of carbonyl (C=O) groups excluding carboxylic acids is 2. The molecule has 30 heavy (non-hydrogen) atoms. The standard InChI is InChI=1S/C24H31N3O2S/c1-18(2)20-7-5-19(6-8-20)16-27(21-9-10-21)17-23(28)25-11-13-26(14-12-25)24(29)22-4-3-15-30-22/h3-8,15,18,21H,9-14,16-17H2,1-2H3. The number of benzene rings is 1. The zero-order valence-electron chi connectivity index (χ0n) is 17.9. The summed E-state index contributed by atoms with van der Waals surface area (Å²) in [7, 11) is 0. The van der Waals surface area contributed by atoms with Gasteiger partial charge in [-0.2, -0.15) is 0 Å². The van der Waals surface area contributed by atoms with E-state index in [1.54, 1.807) is 0 Å². The van der Waals surface area contributed by atoms with E-state index in [-0.39, 0.29) is 11.8 Å². The summed E-state index contributed by atoms with van der Waals surface area (Å²) in [6.07, 6.45) is 2.36. The van der Waals surface area contributed by atoms with Crippen LogP contribution in [0.1, 0.15) is 53.4 Å². The Balaban J connectivity index is 1.30. The highest BCUT2D eigenvalue weighted by molar-refractivity contribution is 7.12. The smallest absolute Gasteiger partial charge is 0.264 e. The first-order valence-electron chi connectivity index (χ1n) is 10.9. The van der Waals surface area contributed by atoms with Crippen LogP contribution in [0.2, 0.25) is 0 Å². The molecule has 0 unspecified atom stereocenters. The van der Waals surface area contributed by atoms with E-state index in [1.807, 2.05) is 27.3 Å². The molecule has 2 aromatic rings. The minimum Gasteiger partial charge on any atom is -0.338 e. The molecule has 4 rings (SSSR count). The predicted molar refractivity (Wildman–Crippen MR) is 121 cm³/mol. The maximum Gasteiger partial charge on any atom is 0.264 e. The van der Waals surface area contributed by atoms with Gasteiger partial charge < -0.3 is 9.80 Å². The lowest BCUT2D eigenvalue weighted by Gasteiger charge is -2.35. The molecular formula is C24H31N3O2S. The Labute approximate surface area is 183 Å². The molecule has 0 atom stereocenters. The number of amides is 2. The largest absolute Gasteiger partial charge is 0.338 e. The van der Waals surface area contributed by atoms with Crippen molar-refractivity contribution in [1.82, 2.24) is 14.7 Å². The van der Waals surface area contributed by atoms with Gasteiger partial charge in [0.05, 0.1) is 11.4 Å². The van der Waals surface area contributed by atoms with Crippen LogP contribution in [0, 0.1) is 0 Å². The van der Waals surface area contributed by atoms with Crippen LogP contribution in [0.4, 0.5) is 0 Å². The second kappa shape index (κ2) is 9.31. The Bertz CT molecular complexity index is 851. The maximum absolute atomic E-state index is 13.0. The molecule has 1 saturated heterocycles. The fourth-order valence-electron chi connectivity index (χ4n) is 3.99. The molecule has 1 aromatic heterocycles. The summed E-state index contributed by atoms with van der Waals surface area (Å²) in [4.78, 5) is 32.4. The van der Waals surface area contributed by atoms with Crippen molar-refractivity contribution in [2.45, 2.75) is 45.2 Å². The van der Waals surface area contributed by atoms with Crippen LogP contribution in [-0.4, -0.2) is 65.3 Å². The Hall–Kier alpha value is -2.18. The van der Waals surface area contributed by atoms with Crippen molar-refractivity contribution in [1.29, 1.82) is 0 Å². The normalized spacial score (nSPS) is 17.1. The van der Waals surface area contributed by atoms with Crippen molar-refractivity contribution in [2.75, 3.05) is 32.7 Å². The molecule has 2 amide bonds. The summed E-state index contributed by atoms with van der Waals surface area (Å²) in [5.41, 5.74) is 2.62. The molecule has 2 fully saturated rings. The van der Waals surface area contributed by atoms with Crippen molar-refractivity contribution in [3.8, 4) is 0 Å². The van der Waals surface area contributed by atoms with Gasteiger partial charge in [-0.05, 0) is 41.3 Å². The van der Waals surface area contributed by atoms with E-state index in [0.29, 0.717) is 44.7 Å². The highest BCUT2D eigenvalue weighted by atomic mass is 32.1. The van der Waals surface area contributed by atoms with Crippen LogP contribution in [0.15, 0.2) is 41.8 Å². The highest BCUT2D eigenvalue weighted by Crippen LogP contribution is 2.28. The Morgan fingerprint density at radius 1 is 1.03 bits per heavy atom. The van der Waals surface area contributed by atoms with Gasteiger partial charge in [0.25, 0.3) is 5.91 Å². The lowest BCUT2D eigenvalue weighted by atomic mass is 10.0. The topological polar surface area (TPSA) is 43.9 Å². The van der Waals surface area contributed by atoms with Crippen LogP contribution in [-0.2, 0) is 11.3 Å². The van der Waals surface area contributed by atoms with Gasteiger partial charge in [-0.25, -0.2) is 0 Å². The minimum absolute atomic E-state index is 0.0848. The van der Waals surface area contributed by atoms with Gasteiger partial charge in [0, 0.05) is 38.8 Å². The summed E-state index contributed by atoms with van der Waals surface area (Å²) in [6.45, 7) is 8.18. The summed E-state index contributed by atoms with van der Waals surface area (Å²) in [6, 6.07) is 13.1. The van der Waals surface area contributed by atoms with E-state index in [1.165, 1.54) is 35.3 Å². The van der Waals surface area contributed by atoms with Crippen molar-refractivity contribution in [3.63, 3.8) is 0 Å². The quantitative estimate of drug-likeness (QED) is 0.677. The van der Waals surface area contributed by atoms with Gasteiger partial charge in [0.1, 0.15) is 0 Å². The highest BCUT2D eigenvalue weighted by Gasteiger charge is 2.32. The number of hydrogen-bond donors (Lipinski definition) is 0. The van der Waals surface area contributed by atoms with E-state index in [0.717, 1.165) is 11.4 Å².